The van der Waals surface area contributed by atoms with Crippen LogP contribution in [0.3, 0.4) is 0 Å². The third-order valence-corrected chi connectivity index (χ3v) is 6.82. The molecule has 1 aromatic carbocycles. The predicted octanol–water partition coefficient (Wildman–Crippen LogP) is 6.05. The van der Waals surface area contributed by atoms with Crippen molar-refractivity contribution in [1.82, 2.24) is 0 Å². The van der Waals surface area contributed by atoms with E-state index >= 15 is 0 Å². The highest BCUT2D eigenvalue weighted by atomic mass is 32.1. The van der Waals surface area contributed by atoms with Crippen LogP contribution in [-0.2, 0) is 9.53 Å². The molecule has 0 saturated heterocycles. The molecule has 1 aliphatic carbocycles. The molecular weight excluding hydrogens is 408 g/mol. The van der Waals surface area contributed by atoms with Crippen molar-refractivity contribution in [2.24, 2.45) is 11.8 Å². The lowest BCUT2D eigenvalue weighted by molar-refractivity contribution is -0.123. The molecule has 1 fully saturated rings. The molecule has 0 radical (unpaired) electrons. The van der Waals surface area contributed by atoms with E-state index in [9.17, 15) is 18.4 Å². The Bertz CT molecular complexity index is 933. The zero-order valence-electron chi connectivity index (χ0n) is 17.7. The average molecular weight is 436 g/mol. The molecule has 0 atom stereocenters. The standard InChI is InChI=1S/C23H27F2NO3S/c1-13(2)26(21(27)15-7-5-14(3)6-8-15)22-18(23(28)29-4)12-20(30-22)17-10-9-16(24)11-19(17)25/h9-15H,5-8H2,1-4H3. The van der Waals surface area contributed by atoms with Gasteiger partial charge in [-0.2, -0.15) is 0 Å². The number of hydrogen-bond donors (Lipinski definition) is 0. The first-order chi connectivity index (χ1) is 14.2. The fraction of sp³-hybridized carbons (Fsp3) is 0.478. The number of benzene rings is 1. The average Bonchev–Trinajstić information content (AvgIpc) is 3.12. The van der Waals surface area contributed by atoms with Crippen LogP contribution in [-0.4, -0.2) is 25.0 Å². The monoisotopic (exact) mass is 435 g/mol. The Hall–Kier alpha value is -2.28. The maximum Gasteiger partial charge on any atom is 0.340 e. The summed E-state index contributed by atoms with van der Waals surface area (Å²) in [6, 6.07) is 4.65. The van der Waals surface area contributed by atoms with E-state index < -0.39 is 17.6 Å². The number of carbonyl (C=O) groups is 2. The summed E-state index contributed by atoms with van der Waals surface area (Å²) in [4.78, 5) is 28.0. The summed E-state index contributed by atoms with van der Waals surface area (Å²) in [5.41, 5.74) is 0.396. The number of methoxy groups -OCH3 is 1. The highest BCUT2D eigenvalue weighted by Gasteiger charge is 2.34. The normalized spacial score (nSPS) is 19.0. The number of nitrogens with zero attached hydrogens (tertiary/aromatic N) is 1. The first-order valence-electron chi connectivity index (χ1n) is 10.2. The van der Waals surface area contributed by atoms with Gasteiger partial charge < -0.3 is 9.64 Å². The fourth-order valence-corrected chi connectivity index (χ4v) is 5.24. The van der Waals surface area contributed by atoms with E-state index in [1.54, 1.807) is 4.90 Å². The summed E-state index contributed by atoms with van der Waals surface area (Å²) in [6.07, 6.45) is 3.65. The molecule has 0 N–H and O–H groups in total. The third kappa shape index (κ3) is 4.56. The molecule has 1 aromatic heterocycles. The van der Waals surface area contributed by atoms with Gasteiger partial charge in [-0.3, -0.25) is 4.79 Å². The Morgan fingerprint density at radius 3 is 2.37 bits per heavy atom. The van der Waals surface area contributed by atoms with Crippen molar-refractivity contribution in [2.75, 3.05) is 12.0 Å². The smallest absolute Gasteiger partial charge is 0.340 e. The Morgan fingerprint density at radius 2 is 1.80 bits per heavy atom. The molecule has 1 aliphatic rings. The van der Waals surface area contributed by atoms with Crippen molar-refractivity contribution in [3.05, 3.63) is 41.5 Å². The molecule has 0 aliphatic heterocycles. The van der Waals surface area contributed by atoms with Gasteiger partial charge in [0, 0.05) is 28.5 Å². The molecule has 30 heavy (non-hydrogen) atoms. The van der Waals surface area contributed by atoms with Crippen molar-refractivity contribution in [1.29, 1.82) is 0 Å². The molecule has 0 spiro atoms. The Morgan fingerprint density at radius 1 is 1.13 bits per heavy atom. The van der Waals surface area contributed by atoms with Crippen LogP contribution in [0.25, 0.3) is 10.4 Å². The summed E-state index contributed by atoms with van der Waals surface area (Å²) >= 11 is 1.15. The van der Waals surface area contributed by atoms with Crippen LogP contribution < -0.4 is 4.90 Å². The fourth-order valence-electron chi connectivity index (χ4n) is 3.93. The lowest BCUT2D eigenvalue weighted by Gasteiger charge is -2.33. The van der Waals surface area contributed by atoms with E-state index in [4.69, 9.17) is 4.74 Å². The first kappa shape index (κ1) is 22.4. The van der Waals surface area contributed by atoms with Crippen LogP contribution in [0, 0.1) is 23.5 Å². The van der Waals surface area contributed by atoms with Crippen LogP contribution in [0.4, 0.5) is 13.8 Å². The van der Waals surface area contributed by atoms with E-state index in [1.807, 2.05) is 13.8 Å². The van der Waals surface area contributed by atoms with Gasteiger partial charge in [-0.1, -0.05) is 6.92 Å². The van der Waals surface area contributed by atoms with Crippen LogP contribution in [0.1, 0.15) is 56.8 Å². The Kier molecular flexibility index (Phi) is 6.91. The number of rotatable bonds is 5. The van der Waals surface area contributed by atoms with Gasteiger partial charge in [0.2, 0.25) is 5.91 Å². The van der Waals surface area contributed by atoms with E-state index in [2.05, 4.69) is 6.92 Å². The van der Waals surface area contributed by atoms with Crippen molar-refractivity contribution in [2.45, 2.75) is 52.5 Å². The quantitative estimate of drug-likeness (QED) is 0.537. The van der Waals surface area contributed by atoms with Crippen LogP contribution >= 0.6 is 11.3 Å². The molecule has 2 aromatic rings. The van der Waals surface area contributed by atoms with Crippen molar-refractivity contribution >= 4 is 28.2 Å². The van der Waals surface area contributed by atoms with E-state index in [0.29, 0.717) is 15.8 Å². The molecule has 162 valence electrons. The van der Waals surface area contributed by atoms with Gasteiger partial charge in [-0.15, -0.1) is 11.3 Å². The van der Waals surface area contributed by atoms with Gasteiger partial charge in [-0.05, 0) is 63.6 Å². The summed E-state index contributed by atoms with van der Waals surface area (Å²) < 4.78 is 32.6. The summed E-state index contributed by atoms with van der Waals surface area (Å²) in [5, 5.41) is 0.444. The molecule has 4 nitrogen and oxygen atoms in total. The largest absolute Gasteiger partial charge is 0.465 e. The molecule has 0 unspecified atom stereocenters. The topological polar surface area (TPSA) is 46.6 Å². The number of ether oxygens (including phenoxy) is 1. The number of anilines is 1. The highest BCUT2D eigenvalue weighted by molar-refractivity contribution is 7.20. The third-order valence-electron chi connectivity index (χ3n) is 5.65. The molecule has 7 heteroatoms. The SMILES string of the molecule is COC(=O)c1cc(-c2ccc(F)cc2F)sc1N(C(=O)C1CCC(C)CC1)C(C)C. The second-order valence-electron chi connectivity index (χ2n) is 8.20. The highest BCUT2D eigenvalue weighted by Crippen LogP contribution is 2.41. The zero-order valence-corrected chi connectivity index (χ0v) is 18.5. The van der Waals surface area contributed by atoms with Gasteiger partial charge in [0.05, 0.1) is 12.7 Å². The van der Waals surface area contributed by atoms with Gasteiger partial charge >= 0.3 is 5.97 Å². The second-order valence-corrected chi connectivity index (χ2v) is 9.23. The molecule has 3 rings (SSSR count). The molecule has 1 amide bonds. The number of carbonyl (C=O) groups excluding carboxylic acids is 2. The van der Waals surface area contributed by atoms with Crippen LogP contribution in [0.5, 0.6) is 0 Å². The van der Waals surface area contributed by atoms with Gasteiger partial charge in [0.25, 0.3) is 0 Å². The van der Waals surface area contributed by atoms with Crippen molar-refractivity contribution in [3.8, 4) is 10.4 Å². The summed E-state index contributed by atoms with van der Waals surface area (Å²) in [6.45, 7) is 5.98. The first-order valence-corrected chi connectivity index (χ1v) is 11.0. The lowest BCUT2D eigenvalue weighted by atomic mass is 9.82. The minimum Gasteiger partial charge on any atom is -0.465 e. The maximum atomic E-state index is 14.4. The van der Waals surface area contributed by atoms with Crippen LogP contribution in [0.15, 0.2) is 24.3 Å². The Labute approximate surface area is 179 Å². The van der Waals surface area contributed by atoms with Crippen LogP contribution in [0.2, 0.25) is 0 Å². The van der Waals surface area contributed by atoms with E-state index in [1.165, 1.54) is 25.3 Å². The van der Waals surface area contributed by atoms with Crippen molar-refractivity contribution in [3.63, 3.8) is 0 Å². The molecule has 0 bridgehead atoms. The number of amides is 1. The second kappa shape index (κ2) is 9.25. The van der Waals surface area contributed by atoms with E-state index in [-0.39, 0.29) is 29.0 Å². The Balaban J connectivity index is 2.05. The van der Waals surface area contributed by atoms with Gasteiger partial charge in [-0.25, -0.2) is 13.6 Å². The zero-order chi connectivity index (χ0) is 22.0. The van der Waals surface area contributed by atoms with Gasteiger partial charge in [0.15, 0.2) is 0 Å². The van der Waals surface area contributed by atoms with Gasteiger partial charge in [0.1, 0.15) is 16.6 Å². The summed E-state index contributed by atoms with van der Waals surface area (Å²) in [7, 11) is 1.27. The lowest BCUT2D eigenvalue weighted by Crippen LogP contribution is -2.42. The number of thiophene rings is 1. The summed E-state index contributed by atoms with van der Waals surface area (Å²) in [5.74, 6) is -1.49. The maximum absolute atomic E-state index is 14.4. The van der Waals surface area contributed by atoms with E-state index in [0.717, 1.165) is 43.1 Å². The minimum absolute atomic E-state index is 0.0185. The number of esters is 1. The minimum atomic E-state index is -0.720. The molecule has 1 heterocycles. The molecular formula is C23H27F2NO3S. The predicted molar refractivity (Wildman–Crippen MR) is 115 cm³/mol. The molecule has 1 saturated carbocycles. The number of hydrogen-bond acceptors (Lipinski definition) is 4. The van der Waals surface area contributed by atoms with Crippen molar-refractivity contribution < 1.29 is 23.1 Å². The number of halogens is 2.